The van der Waals surface area contributed by atoms with Gasteiger partial charge in [-0.2, -0.15) is 0 Å². The predicted molar refractivity (Wildman–Crippen MR) is 91.1 cm³/mol. The molecule has 118 valence electrons. The van der Waals surface area contributed by atoms with Gasteiger partial charge in [-0.3, -0.25) is 4.90 Å². The van der Waals surface area contributed by atoms with E-state index in [0.717, 1.165) is 22.7 Å². The zero-order valence-electron chi connectivity index (χ0n) is 13.2. The van der Waals surface area contributed by atoms with Gasteiger partial charge in [0.1, 0.15) is 0 Å². The highest BCUT2D eigenvalue weighted by atomic mass is 35.5. The highest BCUT2D eigenvalue weighted by Gasteiger charge is 2.11. The lowest BCUT2D eigenvalue weighted by atomic mass is 10.1. The van der Waals surface area contributed by atoms with E-state index in [1.165, 1.54) is 5.56 Å². The van der Waals surface area contributed by atoms with Gasteiger partial charge in [0.25, 0.3) is 0 Å². The molecule has 23 heavy (non-hydrogen) atoms. The molecular weight excluding hydrogens is 310 g/mol. The van der Waals surface area contributed by atoms with Crippen molar-refractivity contribution < 1.29 is 4.42 Å². The molecular formula is C18H18ClN3O. The van der Waals surface area contributed by atoms with Crippen LogP contribution in [-0.2, 0) is 13.1 Å². The summed E-state index contributed by atoms with van der Waals surface area (Å²) in [7, 11) is 2.01. The van der Waals surface area contributed by atoms with E-state index in [0.29, 0.717) is 18.3 Å². The van der Waals surface area contributed by atoms with Crippen molar-refractivity contribution in [2.45, 2.75) is 20.0 Å². The standard InChI is InChI=1S/C18H18ClN3O/c1-13-6-8-15(9-7-13)18-21-20-17(23-18)12-22(2)11-14-4-3-5-16(19)10-14/h3-10H,11-12H2,1-2H3. The maximum absolute atomic E-state index is 6.01. The summed E-state index contributed by atoms with van der Waals surface area (Å²) in [6, 6.07) is 15.9. The summed E-state index contributed by atoms with van der Waals surface area (Å²) in [5.41, 5.74) is 3.29. The molecule has 0 saturated carbocycles. The van der Waals surface area contributed by atoms with Crippen LogP contribution in [0, 0.1) is 6.92 Å². The molecule has 0 saturated heterocycles. The molecule has 3 aromatic rings. The molecule has 1 heterocycles. The summed E-state index contributed by atoms with van der Waals surface area (Å²) in [4.78, 5) is 2.11. The van der Waals surface area contributed by atoms with Crippen molar-refractivity contribution in [3.8, 4) is 11.5 Å². The zero-order valence-corrected chi connectivity index (χ0v) is 13.9. The Morgan fingerprint density at radius 2 is 1.83 bits per heavy atom. The van der Waals surface area contributed by atoms with Gasteiger partial charge in [0, 0.05) is 17.1 Å². The third-order valence-corrected chi connectivity index (χ3v) is 3.75. The Hall–Kier alpha value is -2.17. The molecule has 2 aromatic carbocycles. The van der Waals surface area contributed by atoms with Crippen LogP contribution < -0.4 is 0 Å². The summed E-state index contributed by atoms with van der Waals surface area (Å²) in [5, 5.41) is 9.00. The highest BCUT2D eigenvalue weighted by molar-refractivity contribution is 6.30. The third-order valence-electron chi connectivity index (χ3n) is 3.51. The van der Waals surface area contributed by atoms with E-state index in [1.54, 1.807) is 0 Å². The van der Waals surface area contributed by atoms with Gasteiger partial charge in [-0.15, -0.1) is 10.2 Å². The minimum atomic E-state index is 0.552. The molecule has 5 heteroatoms. The van der Waals surface area contributed by atoms with Gasteiger partial charge < -0.3 is 4.42 Å². The molecule has 0 spiro atoms. The van der Waals surface area contributed by atoms with E-state index in [2.05, 4.69) is 15.1 Å². The number of nitrogens with zero attached hydrogens (tertiary/aromatic N) is 3. The van der Waals surface area contributed by atoms with Crippen molar-refractivity contribution in [3.05, 3.63) is 70.6 Å². The molecule has 0 aliphatic heterocycles. The number of halogens is 1. The smallest absolute Gasteiger partial charge is 0.247 e. The average molecular weight is 328 g/mol. The van der Waals surface area contributed by atoms with Crippen LogP contribution in [0.15, 0.2) is 52.9 Å². The number of hydrogen-bond acceptors (Lipinski definition) is 4. The lowest BCUT2D eigenvalue weighted by Gasteiger charge is -2.14. The molecule has 0 aliphatic rings. The second-order valence-corrected chi connectivity index (χ2v) is 6.11. The minimum Gasteiger partial charge on any atom is -0.419 e. The number of aromatic nitrogens is 2. The summed E-state index contributed by atoms with van der Waals surface area (Å²) in [5.74, 6) is 1.15. The van der Waals surface area contributed by atoms with Gasteiger partial charge in [0.2, 0.25) is 11.8 Å². The zero-order chi connectivity index (χ0) is 16.2. The predicted octanol–water partition coefficient (Wildman–Crippen LogP) is 4.33. The van der Waals surface area contributed by atoms with E-state index in [-0.39, 0.29) is 0 Å². The first kappa shape index (κ1) is 15.7. The van der Waals surface area contributed by atoms with Gasteiger partial charge in [0.15, 0.2) is 0 Å². The van der Waals surface area contributed by atoms with Crippen molar-refractivity contribution >= 4 is 11.6 Å². The SMILES string of the molecule is Cc1ccc(-c2nnc(CN(C)Cc3cccc(Cl)c3)o2)cc1. The Labute approximate surface area is 140 Å². The van der Waals surface area contributed by atoms with Crippen molar-refractivity contribution in [3.63, 3.8) is 0 Å². The van der Waals surface area contributed by atoms with Crippen LogP contribution in [0.25, 0.3) is 11.5 Å². The second-order valence-electron chi connectivity index (χ2n) is 5.67. The van der Waals surface area contributed by atoms with Crippen LogP contribution in [0.2, 0.25) is 5.02 Å². The molecule has 0 bridgehead atoms. The summed E-state index contributed by atoms with van der Waals surface area (Å²) in [6.07, 6.45) is 0. The van der Waals surface area contributed by atoms with Crippen molar-refractivity contribution in [2.75, 3.05) is 7.05 Å². The maximum Gasteiger partial charge on any atom is 0.247 e. The van der Waals surface area contributed by atoms with Crippen LogP contribution >= 0.6 is 11.6 Å². The molecule has 3 rings (SSSR count). The largest absolute Gasteiger partial charge is 0.419 e. The molecule has 0 radical (unpaired) electrons. The molecule has 4 nitrogen and oxygen atoms in total. The van der Waals surface area contributed by atoms with Crippen molar-refractivity contribution in [1.29, 1.82) is 0 Å². The normalized spacial score (nSPS) is 11.1. The monoisotopic (exact) mass is 327 g/mol. The quantitative estimate of drug-likeness (QED) is 0.699. The Kier molecular flexibility index (Phi) is 4.74. The minimum absolute atomic E-state index is 0.552. The van der Waals surface area contributed by atoms with E-state index in [4.69, 9.17) is 16.0 Å². The first-order valence-corrected chi connectivity index (χ1v) is 7.80. The summed E-state index contributed by atoms with van der Waals surface area (Å²) < 4.78 is 5.75. The van der Waals surface area contributed by atoms with Crippen LogP contribution in [-0.4, -0.2) is 22.1 Å². The van der Waals surface area contributed by atoms with E-state index >= 15 is 0 Å². The van der Waals surface area contributed by atoms with Crippen LogP contribution in [0.1, 0.15) is 17.0 Å². The Morgan fingerprint density at radius 1 is 1.04 bits per heavy atom. The van der Waals surface area contributed by atoms with Crippen molar-refractivity contribution in [1.82, 2.24) is 15.1 Å². The van der Waals surface area contributed by atoms with Gasteiger partial charge >= 0.3 is 0 Å². The van der Waals surface area contributed by atoms with Gasteiger partial charge in [-0.05, 0) is 43.8 Å². The fourth-order valence-corrected chi connectivity index (χ4v) is 2.58. The first-order chi connectivity index (χ1) is 11.1. The van der Waals surface area contributed by atoms with Gasteiger partial charge in [-0.25, -0.2) is 0 Å². The average Bonchev–Trinajstić information content (AvgIpc) is 2.96. The maximum atomic E-state index is 6.01. The fraction of sp³-hybridized carbons (Fsp3) is 0.222. The topological polar surface area (TPSA) is 42.2 Å². The summed E-state index contributed by atoms with van der Waals surface area (Å²) >= 11 is 6.01. The number of aryl methyl sites for hydroxylation is 1. The van der Waals surface area contributed by atoms with E-state index in [9.17, 15) is 0 Å². The van der Waals surface area contributed by atoms with Crippen LogP contribution in [0.5, 0.6) is 0 Å². The van der Waals surface area contributed by atoms with Crippen LogP contribution in [0.3, 0.4) is 0 Å². The Morgan fingerprint density at radius 3 is 2.57 bits per heavy atom. The molecule has 0 fully saturated rings. The molecule has 1 aromatic heterocycles. The molecule has 0 atom stereocenters. The lowest BCUT2D eigenvalue weighted by molar-refractivity contribution is 0.283. The van der Waals surface area contributed by atoms with Gasteiger partial charge in [0.05, 0.1) is 6.54 Å². The van der Waals surface area contributed by atoms with Crippen LogP contribution in [0.4, 0.5) is 0 Å². The van der Waals surface area contributed by atoms with Gasteiger partial charge in [-0.1, -0.05) is 41.4 Å². The fourth-order valence-electron chi connectivity index (χ4n) is 2.36. The molecule has 0 N–H and O–H groups in total. The number of rotatable bonds is 5. The number of benzene rings is 2. The lowest BCUT2D eigenvalue weighted by Crippen LogP contribution is -2.17. The molecule has 0 amide bonds. The molecule has 0 aliphatic carbocycles. The highest BCUT2D eigenvalue weighted by Crippen LogP contribution is 2.19. The Bertz CT molecular complexity index is 783. The molecule has 0 unspecified atom stereocenters. The van der Waals surface area contributed by atoms with E-state index < -0.39 is 0 Å². The van der Waals surface area contributed by atoms with E-state index in [1.807, 2.05) is 62.5 Å². The Balaban J connectivity index is 1.65. The second kappa shape index (κ2) is 6.94. The third kappa shape index (κ3) is 4.18. The summed E-state index contributed by atoms with van der Waals surface area (Å²) in [6.45, 7) is 3.40. The first-order valence-electron chi connectivity index (χ1n) is 7.42. The number of hydrogen-bond donors (Lipinski definition) is 0. The van der Waals surface area contributed by atoms with Crippen molar-refractivity contribution in [2.24, 2.45) is 0 Å².